The van der Waals surface area contributed by atoms with Crippen molar-refractivity contribution in [3.05, 3.63) is 46.5 Å². The van der Waals surface area contributed by atoms with E-state index < -0.39 is 0 Å². The summed E-state index contributed by atoms with van der Waals surface area (Å²) in [4.78, 5) is 13.0. The monoisotopic (exact) mass is 437 g/mol. The maximum atomic E-state index is 13.0. The molecule has 2 aromatic rings. The third-order valence-electron chi connectivity index (χ3n) is 7.27. The first-order chi connectivity index (χ1) is 15.4. The molecule has 1 heterocycles. The van der Waals surface area contributed by atoms with Crippen LogP contribution in [0.3, 0.4) is 0 Å². The van der Waals surface area contributed by atoms with Crippen LogP contribution in [0.1, 0.15) is 105 Å². The van der Waals surface area contributed by atoms with Crippen LogP contribution in [-0.2, 0) is 11.2 Å². The van der Waals surface area contributed by atoms with Crippen molar-refractivity contribution in [1.82, 2.24) is 14.8 Å². The van der Waals surface area contributed by atoms with Crippen molar-refractivity contribution in [3.63, 3.8) is 0 Å². The average Bonchev–Trinajstić information content (AvgIpc) is 3.45. The molecule has 1 N–H and O–H groups in total. The molecule has 174 valence electrons. The number of hydrogen-bond acceptors (Lipinski definition) is 4. The van der Waals surface area contributed by atoms with Gasteiger partial charge in [-0.1, -0.05) is 37.6 Å². The lowest BCUT2D eigenvalue weighted by atomic mass is 9.71. The third kappa shape index (κ3) is 5.31. The van der Waals surface area contributed by atoms with Gasteiger partial charge < -0.3 is 9.67 Å². The van der Waals surface area contributed by atoms with Gasteiger partial charge in [-0.15, -0.1) is 10.2 Å². The fourth-order valence-corrected chi connectivity index (χ4v) is 5.47. The Morgan fingerprint density at radius 1 is 1.19 bits per heavy atom. The molecule has 0 radical (unpaired) electrons. The van der Waals surface area contributed by atoms with Crippen molar-refractivity contribution >= 4 is 5.78 Å². The summed E-state index contributed by atoms with van der Waals surface area (Å²) in [6.45, 7) is 8.81. The zero-order valence-corrected chi connectivity index (χ0v) is 20.2. The normalized spacial score (nSPS) is 21.6. The number of benzene rings is 1. The second kappa shape index (κ2) is 9.86. The first-order valence-electron chi connectivity index (χ1n) is 12.5. The first kappa shape index (κ1) is 23.2. The van der Waals surface area contributed by atoms with E-state index in [1.807, 2.05) is 0 Å². The second-order valence-electron chi connectivity index (χ2n) is 10.7. The summed E-state index contributed by atoms with van der Waals surface area (Å²) in [6, 6.07) is 6.75. The maximum absolute atomic E-state index is 13.0. The molecule has 0 spiro atoms. The van der Waals surface area contributed by atoms with E-state index in [4.69, 9.17) is 0 Å². The summed E-state index contributed by atoms with van der Waals surface area (Å²) >= 11 is 0. The van der Waals surface area contributed by atoms with Gasteiger partial charge in [-0.3, -0.25) is 4.79 Å². The van der Waals surface area contributed by atoms with Gasteiger partial charge in [0.05, 0.1) is 0 Å². The van der Waals surface area contributed by atoms with Gasteiger partial charge in [0.1, 0.15) is 17.4 Å². The predicted octanol–water partition coefficient (Wildman–Crippen LogP) is 5.44. The summed E-state index contributed by atoms with van der Waals surface area (Å²) in [6.07, 6.45) is 7.46. The van der Waals surface area contributed by atoms with Gasteiger partial charge in [-0.05, 0) is 75.3 Å². The molecule has 2 aliphatic rings. The van der Waals surface area contributed by atoms with Crippen molar-refractivity contribution < 1.29 is 9.90 Å². The minimum atomic E-state index is -0.0633. The fourth-order valence-electron chi connectivity index (χ4n) is 5.47. The van der Waals surface area contributed by atoms with Crippen LogP contribution in [0, 0.1) is 25.7 Å². The number of ketones is 1. The zero-order chi connectivity index (χ0) is 22.8. The number of carbonyl (C=O) groups is 1. The molecule has 0 bridgehead atoms. The van der Waals surface area contributed by atoms with Crippen LogP contribution in [0.15, 0.2) is 18.2 Å². The molecule has 0 amide bonds. The van der Waals surface area contributed by atoms with Gasteiger partial charge in [0.2, 0.25) is 0 Å². The average molecular weight is 438 g/mol. The van der Waals surface area contributed by atoms with Crippen molar-refractivity contribution in [2.45, 2.75) is 96.9 Å². The highest BCUT2D eigenvalue weighted by atomic mass is 16.3. The third-order valence-corrected chi connectivity index (χ3v) is 7.27. The summed E-state index contributed by atoms with van der Waals surface area (Å²) in [5, 5.41) is 19.0. The quantitative estimate of drug-likeness (QED) is 0.508. The van der Waals surface area contributed by atoms with E-state index in [0.717, 1.165) is 29.0 Å². The van der Waals surface area contributed by atoms with Gasteiger partial charge in [-0.25, -0.2) is 0 Å². The van der Waals surface area contributed by atoms with Crippen LogP contribution in [0.25, 0.3) is 0 Å². The highest BCUT2D eigenvalue weighted by molar-refractivity contribution is 5.82. The first-order valence-corrected chi connectivity index (χ1v) is 12.5. The van der Waals surface area contributed by atoms with E-state index in [-0.39, 0.29) is 18.3 Å². The molecule has 1 atom stereocenters. The van der Waals surface area contributed by atoms with E-state index in [2.05, 4.69) is 60.7 Å². The molecule has 5 nitrogen and oxygen atoms in total. The molecule has 4 rings (SSSR count). The van der Waals surface area contributed by atoms with Crippen molar-refractivity contribution in [2.75, 3.05) is 6.61 Å². The van der Waals surface area contributed by atoms with Gasteiger partial charge in [0.15, 0.2) is 0 Å². The number of Topliss-reactive ketones (excluding diaryl/α,β-unsaturated/α-hetero) is 1. The van der Waals surface area contributed by atoms with Crippen LogP contribution in [0.4, 0.5) is 0 Å². The van der Waals surface area contributed by atoms with Gasteiger partial charge in [0, 0.05) is 37.3 Å². The smallest absolute Gasteiger partial charge is 0.138 e. The van der Waals surface area contributed by atoms with Crippen LogP contribution >= 0.6 is 0 Å². The van der Waals surface area contributed by atoms with Crippen molar-refractivity contribution in [2.24, 2.45) is 11.8 Å². The largest absolute Gasteiger partial charge is 0.396 e. The number of carbonyl (C=O) groups excluding carboxylic acids is 1. The Morgan fingerprint density at radius 2 is 1.94 bits per heavy atom. The van der Waals surface area contributed by atoms with E-state index in [9.17, 15) is 9.90 Å². The molecular formula is C27H39N3O2. The summed E-state index contributed by atoms with van der Waals surface area (Å²) in [7, 11) is 0. The molecule has 0 saturated heterocycles. The number of aliphatic hydroxyl groups is 1. The topological polar surface area (TPSA) is 68.0 Å². The molecule has 2 saturated carbocycles. The number of nitrogens with zero attached hydrogens (tertiary/aromatic N) is 3. The van der Waals surface area contributed by atoms with Crippen LogP contribution < -0.4 is 0 Å². The number of aryl methyl sites for hydroxylation is 2. The molecule has 5 heteroatoms. The van der Waals surface area contributed by atoms with Crippen LogP contribution in [0.5, 0.6) is 0 Å². The Kier molecular flexibility index (Phi) is 7.14. The Morgan fingerprint density at radius 3 is 2.56 bits per heavy atom. The summed E-state index contributed by atoms with van der Waals surface area (Å²) in [5.41, 5.74) is 3.48. The highest BCUT2D eigenvalue weighted by Crippen LogP contribution is 2.48. The molecule has 1 aromatic carbocycles. The van der Waals surface area contributed by atoms with Crippen molar-refractivity contribution in [3.8, 4) is 0 Å². The maximum Gasteiger partial charge on any atom is 0.138 e. The van der Waals surface area contributed by atoms with Crippen LogP contribution in [-0.4, -0.2) is 32.3 Å². The molecule has 0 unspecified atom stereocenters. The minimum absolute atomic E-state index is 0.0633. The molecule has 2 aliphatic carbocycles. The lowest BCUT2D eigenvalue weighted by Gasteiger charge is -2.36. The SMILES string of the molecule is Cc1ccc(CC(=O)C[C@H](CCO)c2nnc(C3CC(CC(C)C)C3)n2C2CC2)c(C)c1. The Labute approximate surface area is 192 Å². The number of aliphatic hydroxyl groups excluding tert-OH is 1. The number of aromatic nitrogens is 3. The lowest BCUT2D eigenvalue weighted by Crippen LogP contribution is -2.26. The van der Waals surface area contributed by atoms with E-state index >= 15 is 0 Å². The van der Waals surface area contributed by atoms with E-state index in [1.54, 1.807) is 0 Å². The van der Waals surface area contributed by atoms with Crippen molar-refractivity contribution in [1.29, 1.82) is 0 Å². The van der Waals surface area contributed by atoms with Gasteiger partial charge in [-0.2, -0.15) is 0 Å². The lowest BCUT2D eigenvalue weighted by molar-refractivity contribution is -0.118. The number of hydrogen-bond donors (Lipinski definition) is 1. The van der Waals surface area contributed by atoms with Crippen LogP contribution in [0.2, 0.25) is 0 Å². The molecular weight excluding hydrogens is 398 g/mol. The van der Waals surface area contributed by atoms with Gasteiger partial charge >= 0.3 is 0 Å². The Balaban J connectivity index is 1.48. The molecule has 1 aromatic heterocycles. The summed E-state index contributed by atoms with van der Waals surface area (Å²) in [5.74, 6) is 4.26. The molecule has 32 heavy (non-hydrogen) atoms. The minimum Gasteiger partial charge on any atom is -0.396 e. The Bertz CT molecular complexity index is 938. The molecule has 0 aliphatic heterocycles. The highest BCUT2D eigenvalue weighted by Gasteiger charge is 2.39. The molecule has 2 fully saturated rings. The standard InChI is InChI=1S/C27H39N3O2/c1-17(2)11-20-13-23(14-20)27-29-28-26(30(27)24-7-8-24)22(9-10-31)16-25(32)15-21-6-5-18(3)12-19(21)4/h5-6,12,17,20,22-24,31H,7-11,13-16H2,1-4H3/t20?,22-,23?/m0/s1. The summed E-state index contributed by atoms with van der Waals surface area (Å²) < 4.78 is 2.36. The second-order valence-corrected chi connectivity index (χ2v) is 10.7. The predicted molar refractivity (Wildman–Crippen MR) is 127 cm³/mol. The zero-order valence-electron chi connectivity index (χ0n) is 20.2. The number of rotatable bonds is 11. The van der Waals surface area contributed by atoms with E-state index in [0.29, 0.717) is 31.2 Å². The van der Waals surface area contributed by atoms with E-state index in [1.165, 1.54) is 43.2 Å². The fraction of sp³-hybridized carbons (Fsp3) is 0.667. The Hall–Kier alpha value is -2.01. The van der Waals surface area contributed by atoms with Gasteiger partial charge in [0.25, 0.3) is 0 Å².